The zero-order valence-corrected chi connectivity index (χ0v) is 10.5. The van der Waals surface area contributed by atoms with E-state index in [9.17, 15) is 4.79 Å². The van der Waals surface area contributed by atoms with Crippen LogP contribution in [0.25, 0.3) is 0 Å². The molecule has 2 N–H and O–H groups in total. The lowest BCUT2D eigenvalue weighted by Crippen LogP contribution is -2.37. The summed E-state index contributed by atoms with van der Waals surface area (Å²) in [5.74, 6) is -0.493. The van der Waals surface area contributed by atoms with Crippen molar-refractivity contribution in [3.8, 4) is 0 Å². The van der Waals surface area contributed by atoms with E-state index in [2.05, 4.69) is 5.10 Å². The maximum Gasteiger partial charge on any atom is 0.232 e. The number of thiocarbonyl (C=S) groups is 1. The van der Waals surface area contributed by atoms with E-state index in [-0.39, 0.29) is 10.9 Å². The van der Waals surface area contributed by atoms with E-state index in [4.69, 9.17) is 18.0 Å². The molecule has 1 rings (SSSR count). The number of carbonyl (C=O) groups excluding carboxylic acids is 1. The Labute approximate surface area is 100 Å². The molecule has 0 bridgehead atoms. The Morgan fingerprint density at radius 3 is 2.81 bits per heavy atom. The molecular formula is C10H16N4OS. The fourth-order valence-electron chi connectivity index (χ4n) is 1.36. The number of nitrogens with zero attached hydrogens (tertiary/aromatic N) is 3. The molecule has 0 saturated heterocycles. The molecule has 6 heteroatoms. The van der Waals surface area contributed by atoms with Gasteiger partial charge >= 0.3 is 0 Å². The van der Waals surface area contributed by atoms with E-state index in [0.717, 1.165) is 5.56 Å². The number of carbonyl (C=O) groups is 1. The average Bonchev–Trinajstić information content (AvgIpc) is 2.61. The molecular weight excluding hydrogens is 224 g/mol. The Morgan fingerprint density at radius 1 is 1.75 bits per heavy atom. The van der Waals surface area contributed by atoms with E-state index < -0.39 is 5.92 Å². The van der Waals surface area contributed by atoms with Gasteiger partial charge in [-0.25, -0.2) is 0 Å². The lowest BCUT2D eigenvalue weighted by atomic mass is 10.1. The molecule has 0 saturated carbocycles. The molecule has 0 aliphatic carbocycles. The van der Waals surface area contributed by atoms with Gasteiger partial charge in [-0.15, -0.1) is 0 Å². The van der Waals surface area contributed by atoms with E-state index in [0.29, 0.717) is 6.54 Å². The third-order valence-electron chi connectivity index (χ3n) is 2.35. The predicted octanol–water partition coefficient (Wildman–Crippen LogP) is 0.301. The highest BCUT2D eigenvalue weighted by atomic mass is 32.1. The summed E-state index contributed by atoms with van der Waals surface area (Å²) in [6, 6.07) is 0. The molecule has 1 aromatic rings. The van der Waals surface area contributed by atoms with Crippen molar-refractivity contribution in [3.05, 3.63) is 18.0 Å². The van der Waals surface area contributed by atoms with Crippen molar-refractivity contribution in [3.63, 3.8) is 0 Å². The van der Waals surface area contributed by atoms with Crippen molar-refractivity contribution >= 4 is 23.1 Å². The van der Waals surface area contributed by atoms with Crippen LogP contribution in [0.1, 0.15) is 12.5 Å². The minimum Gasteiger partial charge on any atom is -0.393 e. The van der Waals surface area contributed by atoms with Crippen molar-refractivity contribution in [1.82, 2.24) is 14.7 Å². The Bertz CT molecular complexity index is 401. The zero-order chi connectivity index (χ0) is 12.3. The average molecular weight is 240 g/mol. The van der Waals surface area contributed by atoms with Gasteiger partial charge in [-0.3, -0.25) is 9.48 Å². The summed E-state index contributed by atoms with van der Waals surface area (Å²) in [6.07, 6.45) is 3.60. The Hall–Kier alpha value is -1.43. The number of aromatic nitrogens is 2. The summed E-state index contributed by atoms with van der Waals surface area (Å²) in [7, 11) is 3.56. The van der Waals surface area contributed by atoms with Crippen LogP contribution >= 0.6 is 12.2 Å². The fourth-order valence-corrected chi connectivity index (χ4v) is 1.46. The third-order valence-corrected chi connectivity index (χ3v) is 2.71. The van der Waals surface area contributed by atoms with Crippen LogP contribution in [0.3, 0.4) is 0 Å². The highest BCUT2D eigenvalue weighted by Gasteiger charge is 2.19. The van der Waals surface area contributed by atoms with Gasteiger partial charge in [0.15, 0.2) is 0 Å². The summed E-state index contributed by atoms with van der Waals surface area (Å²) in [4.78, 5) is 13.6. The molecule has 5 nitrogen and oxygen atoms in total. The summed E-state index contributed by atoms with van der Waals surface area (Å²) >= 11 is 4.80. The fraction of sp³-hybridized carbons (Fsp3) is 0.500. The van der Waals surface area contributed by atoms with Crippen LogP contribution in [0, 0.1) is 5.92 Å². The Balaban J connectivity index is 2.62. The molecule has 1 amide bonds. The molecule has 16 heavy (non-hydrogen) atoms. The summed E-state index contributed by atoms with van der Waals surface area (Å²) in [6.45, 7) is 2.23. The maximum absolute atomic E-state index is 11.8. The van der Waals surface area contributed by atoms with Gasteiger partial charge in [-0.1, -0.05) is 12.2 Å². The minimum atomic E-state index is -0.420. The van der Waals surface area contributed by atoms with Gasteiger partial charge in [-0.2, -0.15) is 5.10 Å². The smallest absolute Gasteiger partial charge is 0.232 e. The monoisotopic (exact) mass is 240 g/mol. The predicted molar refractivity (Wildman–Crippen MR) is 65.6 cm³/mol. The highest BCUT2D eigenvalue weighted by Crippen LogP contribution is 2.06. The normalized spacial score (nSPS) is 12.2. The van der Waals surface area contributed by atoms with Crippen molar-refractivity contribution in [1.29, 1.82) is 0 Å². The Kier molecular flexibility index (Phi) is 4.00. The molecule has 0 fully saturated rings. The summed E-state index contributed by atoms with van der Waals surface area (Å²) in [5.41, 5.74) is 6.42. The standard InChI is InChI=1S/C10H16N4OS/c1-7(9(11)16)10(15)13(2)5-8-4-12-14(3)6-8/h4,6-7H,5H2,1-3H3,(H2,11,16). The van der Waals surface area contributed by atoms with Crippen LogP contribution in [-0.4, -0.2) is 32.6 Å². The first-order valence-corrected chi connectivity index (χ1v) is 5.34. The SMILES string of the molecule is CC(C(=O)N(C)Cc1cnn(C)c1)C(N)=S. The second-order valence-corrected chi connectivity index (χ2v) is 4.31. The van der Waals surface area contributed by atoms with E-state index in [1.54, 1.807) is 29.7 Å². The first-order chi connectivity index (χ1) is 7.41. The van der Waals surface area contributed by atoms with Crippen molar-refractivity contribution in [2.75, 3.05) is 7.05 Å². The van der Waals surface area contributed by atoms with E-state index >= 15 is 0 Å². The second kappa shape index (κ2) is 5.07. The largest absolute Gasteiger partial charge is 0.393 e. The summed E-state index contributed by atoms with van der Waals surface area (Å²) in [5, 5.41) is 4.04. The van der Waals surface area contributed by atoms with Gasteiger partial charge in [0.1, 0.15) is 0 Å². The molecule has 0 radical (unpaired) electrons. The molecule has 1 aromatic heterocycles. The highest BCUT2D eigenvalue weighted by molar-refractivity contribution is 7.80. The third kappa shape index (κ3) is 3.03. The van der Waals surface area contributed by atoms with Crippen LogP contribution in [0.4, 0.5) is 0 Å². The molecule has 1 unspecified atom stereocenters. The van der Waals surface area contributed by atoms with E-state index in [1.165, 1.54) is 0 Å². The lowest BCUT2D eigenvalue weighted by Gasteiger charge is -2.19. The number of amides is 1. The quantitative estimate of drug-likeness (QED) is 0.769. The number of nitrogens with two attached hydrogens (primary N) is 1. The lowest BCUT2D eigenvalue weighted by molar-refractivity contribution is -0.132. The second-order valence-electron chi connectivity index (χ2n) is 3.84. The summed E-state index contributed by atoms with van der Waals surface area (Å²) < 4.78 is 1.70. The molecule has 0 aliphatic rings. The number of aryl methyl sites for hydroxylation is 1. The zero-order valence-electron chi connectivity index (χ0n) is 9.67. The number of rotatable bonds is 4. The number of hydrogen-bond donors (Lipinski definition) is 1. The van der Waals surface area contributed by atoms with Gasteiger partial charge in [0.05, 0.1) is 17.1 Å². The first-order valence-electron chi connectivity index (χ1n) is 4.93. The number of hydrogen-bond acceptors (Lipinski definition) is 3. The van der Waals surface area contributed by atoms with Crippen LogP contribution in [0.15, 0.2) is 12.4 Å². The van der Waals surface area contributed by atoms with Gasteiger partial charge in [0.2, 0.25) is 5.91 Å². The molecule has 1 heterocycles. The molecule has 0 aliphatic heterocycles. The minimum absolute atomic E-state index is 0.0728. The first kappa shape index (κ1) is 12.6. The Morgan fingerprint density at radius 2 is 2.38 bits per heavy atom. The molecule has 88 valence electrons. The van der Waals surface area contributed by atoms with Gasteiger partial charge < -0.3 is 10.6 Å². The molecule has 0 spiro atoms. The van der Waals surface area contributed by atoms with Gasteiger partial charge in [0.25, 0.3) is 0 Å². The van der Waals surface area contributed by atoms with Gasteiger partial charge in [0, 0.05) is 32.4 Å². The van der Waals surface area contributed by atoms with Crippen LogP contribution in [0.2, 0.25) is 0 Å². The topological polar surface area (TPSA) is 64.2 Å². The van der Waals surface area contributed by atoms with Crippen molar-refractivity contribution < 1.29 is 4.79 Å². The van der Waals surface area contributed by atoms with Crippen LogP contribution < -0.4 is 5.73 Å². The van der Waals surface area contributed by atoms with E-state index in [1.807, 2.05) is 13.2 Å². The maximum atomic E-state index is 11.8. The van der Waals surface area contributed by atoms with Gasteiger partial charge in [-0.05, 0) is 6.92 Å². The molecule has 1 atom stereocenters. The van der Waals surface area contributed by atoms with Crippen molar-refractivity contribution in [2.45, 2.75) is 13.5 Å². The van der Waals surface area contributed by atoms with Crippen molar-refractivity contribution in [2.24, 2.45) is 18.7 Å². The van der Waals surface area contributed by atoms with Crippen LogP contribution in [0.5, 0.6) is 0 Å². The molecule has 0 aromatic carbocycles. The van der Waals surface area contributed by atoms with Crippen LogP contribution in [-0.2, 0) is 18.4 Å².